The van der Waals surface area contributed by atoms with Gasteiger partial charge in [0.05, 0.1) is 17.7 Å². The summed E-state index contributed by atoms with van der Waals surface area (Å²) < 4.78 is 48.4. The Hall–Kier alpha value is -4.70. The van der Waals surface area contributed by atoms with Crippen LogP contribution in [0.1, 0.15) is 25.0 Å². The van der Waals surface area contributed by atoms with Crippen LogP contribution in [0.4, 0.5) is 10.1 Å². The largest absolute Gasteiger partial charge is 0.495 e. The monoisotopic (exact) mass is 617 g/mol. The molecule has 4 aromatic rings. The molecule has 2 amide bonds. The first-order valence-corrected chi connectivity index (χ1v) is 15.6. The number of sulfonamides is 1. The van der Waals surface area contributed by atoms with Crippen LogP contribution >= 0.6 is 0 Å². The van der Waals surface area contributed by atoms with E-state index in [0.29, 0.717) is 5.56 Å². The van der Waals surface area contributed by atoms with Crippen molar-refractivity contribution < 1.29 is 27.1 Å². The lowest BCUT2D eigenvalue weighted by Gasteiger charge is -2.34. The number of anilines is 1. The fourth-order valence-electron chi connectivity index (χ4n) is 4.79. The number of halogens is 1. The van der Waals surface area contributed by atoms with Gasteiger partial charge in [0.15, 0.2) is 0 Å². The summed E-state index contributed by atoms with van der Waals surface area (Å²) >= 11 is 0. The van der Waals surface area contributed by atoms with Gasteiger partial charge in [0.2, 0.25) is 11.8 Å². The van der Waals surface area contributed by atoms with Crippen LogP contribution < -0.4 is 14.4 Å². The molecule has 1 N–H and O–H groups in total. The van der Waals surface area contributed by atoms with Crippen molar-refractivity contribution in [1.29, 1.82) is 0 Å². The zero-order valence-electron chi connectivity index (χ0n) is 24.9. The molecule has 4 aromatic carbocycles. The fourth-order valence-corrected chi connectivity index (χ4v) is 6.24. The molecular formula is C34H36FN3O5S. The molecule has 0 bridgehead atoms. The standard InChI is InChI=1S/C34H36FN3O5S/c1-25(2)36-34(40)31(22-26-12-6-4-7-13-26)37(23-27-18-20-28(35)21-19-27)33(39)24-38(30-16-10-11-17-32(30)43-3)44(41,42)29-14-8-5-9-15-29/h4-21,25,31H,22-24H2,1-3H3,(H,36,40)/t31-/m0/s1. The molecule has 0 aliphatic carbocycles. The van der Waals surface area contributed by atoms with Crippen molar-refractivity contribution in [3.05, 3.63) is 126 Å². The molecule has 1 atom stereocenters. The summed E-state index contributed by atoms with van der Waals surface area (Å²) in [7, 11) is -2.84. The van der Waals surface area contributed by atoms with E-state index in [-0.39, 0.29) is 35.3 Å². The Labute approximate surface area is 258 Å². The third-order valence-corrected chi connectivity index (χ3v) is 8.71. The molecule has 0 saturated carbocycles. The molecule has 44 heavy (non-hydrogen) atoms. The third kappa shape index (κ3) is 8.02. The molecular weight excluding hydrogens is 581 g/mol. The Balaban J connectivity index is 1.82. The highest BCUT2D eigenvalue weighted by Gasteiger charge is 2.35. The molecule has 0 aliphatic heterocycles. The molecule has 10 heteroatoms. The van der Waals surface area contributed by atoms with Crippen LogP contribution in [0.2, 0.25) is 0 Å². The van der Waals surface area contributed by atoms with Crippen LogP contribution in [-0.4, -0.2) is 50.9 Å². The minimum atomic E-state index is -4.26. The van der Waals surface area contributed by atoms with Gasteiger partial charge < -0.3 is 15.0 Å². The van der Waals surface area contributed by atoms with E-state index in [9.17, 15) is 22.4 Å². The fraction of sp³-hybridized carbons (Fsp3) is 0.235. The molecule has 0 saturated heterocycles. The maximum absolute atomic E-state index is 14.4. The van der Waals surface area contributed by atoms with E-state index in [2.05, 4.69) is 5.32 Å². The second kappa shape index (κ2) is 14.7. The van der Waals surface area contributed by atoms with Gasteiger partial charge in [0, 0.05) is 19.0 Å². The van der Waals surface area contributed by atoms with Crippen LogP contribution in [0, 0.1) is 5.82 Å². The zero-order chi connectivity index (χ0) is 31.7. The summed E-state index contributed by atoms with van der Waals surface area (Å²) in [5, 5.41) is 2.91. The van der Waals surface area contributed by atoms with Crippen LogP contribution in [0.15, 0.2) is 114 Å². The predicted molar refractivity (Wildman–Crippen MR) is 168 cm³/mol. The molecule has 0 radical (unpaired) electrons. The first-order valence-electron chi connectivity index (χ1n) is 14.2. The Morgan fingerprint density at radius 3 is 2.02 bits per heavy atom. The van der Waals surface area contributed by atoms with Crippen molar-refractivity contribution in [3.8, 4) is 5.75 Å². The molecule has 0 aromatic heterocycles. The number of hydrogen-bond acceptors (Lipinski definition) is 5. The number of nitrogens with one attached hydrogen (secondary N) is 1. The van der Waals surface area contributed by atoms with Gasteiger partial charge in [-0.25, -0.2) is 12.8 Å². The number of para-hydroxylation sites is 2. The number of amides is 2. The topological polar surface area (TPSA) is 96.0 Å². The lowest BCUT2D eigenvalue weighted by atomic mass is 10.0. The van der Waals surface area contributed by atoms with Crippen LogP contribution in [0.3, 0.4) is 0 Å². The normalized spacial score (nSPS) is 11.9. The Morgan fingerprint density at radius 2 is 1.41 bits per heavy atom. The van der Waals surface area contributed by atoms with Crippen molar-refractivity contribution in [1.82, 2.24) is 10.2 Å². The highest BCUT2D eigenvalue weighted by Crippen LogP contribution is 2.32. The van der Waals surface area contributed by atoms with Crippen LogP contribution in [-0.2, 0) is 32.6 Å². The Kier molecular flexibility index (Phi) is 10.7. The van der Waals surface area contributed by atoms with Crippen molar-refractivity contribution >= 4 is 27.5 Å². The number of rotatable bonds is 13. The average Bonchev–Trinajstić information content (AvgIpc) is 3.02. The second-order valence-corrected chi connectivity index (χ2v) is 12.4. The van der Waals surface area contributed by atoms with E-state index in [4.69, 9.17) is 4.74 Å². The number of hydrogen-bond donors (Lipinski definition) is 1. The molecule has 230 valence electrons. The number of carbonyl (C=O) groups is 2. The molecule has 0 fully saturated rings. The minimum absolute atomic E-state index is 0.0119. The number of benzene rings is 4. The third-order valence-electron chi connectivity index (χ3n) is 6.93. The maximum atomic E-state index is 14.4. The molecule has 0 spiro atoms. The quantitative estimate of drug-likeness (QED) is 0.223. The van der Waals surface area contributed by atoms with E-state index in [1.165, 1.54) is 48.4 Å². The van der Waals surface area contributed by atoms with Crippen LogP contribution in [0.5, 0.6) is 5.75 Å². The summed E-state index contributed by atoms with van der Waals surface area (Å²) in [6, 6.07) is 28.0. The first kappa shape index (κ1) is 32.2. The van der Waals surface area contributed by atoms with Crippen molar-refractivity contribution in [2.24, 2.45) is 0 Å². The van der Waals surface area contributed by atoms with E-state index in [0.717, 1.165) is 9.87 Å². The van der Waals surface area contributed by atoms with Crippen LogP contribution in [0.25, 0.3) is 0 Å². The first-order chi connectivity index (χ1) is 21.1. The highest BCUT2D eigenvalue weighted by molar-refractivity contribution is 7.92. The highest BCUT2D eigenvalue weighted by atomic mass is 32.2. The average molecular weight is 618 g/mol. The van der Waals surface area contributed by atoms with Crippen molar-refractivity contribution in [2.45, 2.75) is 43.8 Å². The molecule has 0 heterocycles. The Bertz CT molecular complexity index is 1650. The predicted octanol–water partition coefficient (Wildman–Crippen LogP) is 5.19. The van der Waals surface area contributed by atoms with Gasteiger partial charge in [-0.15, -0.1) is 0 Å². The van der Waals surface area contributed by atoms with Gasteiger partial charge in [0.1, 0.15) is 24.2 Å². The molecule has 4 rings (SSSR count). The van der Waals surface area contributed by atoms with Gasteiger partial charge in [0.25, 0.3) is 10.0 Å². The number of carbonyl (C=O) groups excluding carboxylic acids is 2. The van der Waals surface area contributed by atoms with E-state index < -0.39 is 40.2 Å². The van der Waals surface area contributed by atoms with Crippen molar-refractivity contribution in [2.75, 3.05) is 18.0 Å². The second-order valence-electron chi connectivity index (χ2n) is 10.5. The van der Waals surface area contributed by atoms with Gasteiger partial charge in [-0.3, -0.25) is 13.9 Å². The molecule has 8 nitrogen and oxygen atoms in total. The van der Waals surface area contributed by atoms with Crippen molar-refractivity contribution in [3.63, 3.8) is 0 Å². The smallest absolute Gasteiger partial charge is 0.264 e. The minimum Gasteiger partial charge on any atom is -0.495 e. The molecule has 0 unspecified atom stereocenters. The summed E-state index contributed by atoms with van der Waals surface area (Å²) in [5.74, 6) is -1.21. The number of ether oxygens (including phenoxy) is 1. The van der Waals surface area contributed by atoms with Gasteiger partial charge >= 0.3 is 0 Å². The number of nitrogens with zero attached hydrogens (tertiary/aromatic N) is 2. The van der Waals surface area contributed by atoms with E-state index in [1.807, 2.05) is 44.2 Å². The summed E-state index contributed by atoms with van der Waals surface area (Å²) in [4.78, 5) is 29.5. The summed E-state index contributed by atoms with van der Waals surface area (Å²) in [6.45, 7) is 2.95. The van der Waals surface area contributed by atoms with E-state index >= 15 is 0 Å². The SMILES string of the molecule is COc1ccccc1N(CC(=O)N(Cc1ccc(F)cc1)[C@@H](Cc1ccccc1)C(=O)NC(C)C)S(=O)(=O)c1ccccc1. The van der Waals surface area contributed by atoms with E-state index in [1.54, 1.807) is 42.5 Å². The van der Waals surface area contributed by atoms with Gasteiger partial charge in [-0.2, -0.15) is 0 Å². The maximum Gasteiger partial charge on any atom is 0.264 e. The lowest BCUT2D eigenvalue weighted by molar-refractivity contribution is -0.140. The van der Waals surface area contributed by atoms with Gasteiger partial charge in [-0.1, -0.05) is 72.8 Å². The van der Waals surface area contributed by atoms with Gasteiger partial charge in [-0.05, 0) is 61.4 Å². The lowest BCUT2D eigenvalue weighted by Crippen LogP contribution is -2.54. The number of methoxy groups -OCH3 is 1. The Morgan fingerprint density at radius 1 is 0.818 bits per heavy atom. The summed E-state index contributed by atoms with van der Waals surface area (Å²) in [6.07, 6.45) is 0.173. The molecule has 0 aliphatic rings. The summed E-state index contributed by atoms with van der Waals surface area (Å²) in [5.41, 5.74) is 1.55. The zero-order valence-corrected chi connectivity index (χ0v) is 25.7.